The van der Waals surface area contributed by atoms with E-state index in [9.17, 15) is 0 Å². The quantitative estimate of drug-likeness (QED) is 0.440. The Hall–Kier alpha value is -0.380. The molecule has 1 saturated heterocycles. The Morgan fingerprint density at radius 2 is 2.44 bits per heavy atom. The molecule has 1 rings (SSSR count). The van der Waals surface area contributed by atoms with Crippen LogP contribution in [-0.2, 0) is 4.74 Å². The van der Waals surface area contributed by atoms with E-state index in [0.717, 1.165) is 0 Å². The van der Waals surface area contributed by atoms with E-state index in [4.69, 9.17) is 14.9 Å². The molecule has 1 aliphatic heterocycles. The van der Waals surface area contributed by atoms with Gasteiger partial charge in [0.05, 0.1) is 6.61 Å². The average molecular weight is 130 g/mol. The second kappa shape index (κ2) is 1.80. The van der Waals surface area contributed by atoms with Crippen molar-refractivity contribution in [2.24, 2.45) is 0 Å². The zero-order chi connectivity index (χ0) is 7.07. The SMILES string of the molecule is C=C1[C@@H](O)CO[C@]1(C)O. The van der Waals surface area contributed by atoms with E-state index < -0.39 is 11.9 Å². The minimum atomic E-state index is -1.32. The molecule has 0 radical (unpaired) electrons. The Bertz CT molecular complexity index is 139. The molecule has 0 aliphatic carbocycles. The van der Waals surface area contributed by atoms with E-state index >= 15 is 0 Å². The molecule has 0 bridgehead atoms. The third-order valence-electron chi connectivity index (χ3n) is 1.52. The van der Waals surface area contributed by atoms with Crippen LogP contribution < -0.4 is 0 Å². The number of rotatable bonds is 0. The van der Waals surface area contributed by atoms with Crippen molar-refractivity contribution in [3.63, 3.8) is 0 Å². The number of aliphatic hydroxyl groups excluding tert-OH is 1. The lowest BCUT2D eigenvalue weighted by Gasteiger charge is -2.15. The number of hydrogen-bond acceptors (Lipinski definition) is 3. The smallest absolute Gasteiger partial charge is 0.187 e. The summed E-state index contributed by atoms with van der Waals surface area (Å²) in [4.78, 5) is 0. The predicted molar refractivity (Wildman–Crippen MR) is 31.7 cm³/mol. The van der Waals surface area contributed by atoms with Crippen LogP contribution in [0.3, 0.4) is 0 Å². The zero-order valence-corrected chi connectivity index (χ0v) is 5.29. The highest BCUT2D eigenvalue weighted by Gasteiger charge is 2.37. The standard InChI is InChI=1S/C6H10O3/c1-4-5(7)3-9-6(4,2)8/h5,7-8H,1,3H2,2H3/t5-,6-/m0/s1. The summed E-state index contributed by atoms with van der Waals surface area (Å²) in [5.41, 5.74) is 0.336. The maximum absolute atomic E-state index is 9.15. The fraction of sp³-hybridized carbons (Fsp3) is 0.667. The molecule has 0 aromatic carbocycles. The lowest BCUT2D eigenvalue weighted by atomic mass is 10.1. The monoisotopic (exact) mass is 130 g/mol. The van der Waals surface area contributed by atoms with Crippen molar-refractivity contribution in [3.8, 4) is 0 Å². The molecular weight excluding hydrogens is 120 g/mol. The molecule has 0 saturated carbocycles. The van der Waals surface area contributed by atoms with E-state index in [1.165, 1.54) is 6.92 Å². The van der Waals surface area contributed by atoms with Gasteiger partial charge in [-0.05, 0) is 6.92 Å². The molecule has 2 N–H and O–H groups in total. The van der Waals surface area contributed by atoms with Gasteiger partial charge in [-0.1, -0.05) is 6.58 Å². The van der Waals surface area contributed by atoms with Crippen LogP contribution in [0.1, 0.15) is 6.92 Å². The van der Waals surface area contributed by atoms with Crippen LogP contribution in [0.25, 0.3) is 0 Å². The third kappa shape index (κ3) is 0.986. The number of ether oxygens (including phenoxy) is 1. The van der Waals surface area contributed by atoms with Crippen LogP contribution in [-0.4, -0.2) is 28.7 Å². The third-order valence-corrected chi connectivity index (χ3v) is 1.52. The molecule has 1 aliphatic rings. The Balaban J connectivity index is 2.74. The molecule has 0 unspecified atom stereocenters. The fourth-order valence-corrected chi connectivity index (χ4v) is 0.744. The summed E-state index contributed by atoms with van der Waals surface area (Å²) < 4.78 is 4.77. The highest BCUT2D eigenvalue weighted by atomic mass is 16.6. The van der Waals surface area contributed by atoms with Gasteiger partial charge in [0.2, 0.25) is 0 Å². The van der Waals surface area contributed by atoms with Crippen molar-refractivity contribution in [1.82, 2.24) is 0 Å². The van der Waals surface area contributed by atoms with E-state index in [2.05, 4.69) is 6.58 Å². The molecule has 52 valence electrons. The van der Waals surface area contributed by atoms with Gasteiger partial charge in [0, 0.05) is 5.57 Å². The van der Waals surface area contributed by atoms with Crippen molar-refractivity contribution in [2.45, 2.75) is 18.8 Å². The second-order valence-electron chi connectivity index (χ2n) is 2.33. The molecule has 0 spiro atoms. The van der Waals surface area contributed by atoms with Gasteiger partial charge in [-0.15, -0.1) is 0 Å². The second-order valence-corrected chi connectivity index (χ2v) is 2.33. The number of aliphatic hydroxyl groups is 2. The molecule has 0 aromatic heterocycles. The summed E-state index contributed by atoms with van der Waals surface area (Å²) in [7, 11) is 0. The average Bonchev–Trinajstić information content (AvgIpc) is 1.97. The highest BCUT2D eigenvalue weighted by molar-refractivity contribution is 5.15. The molecule has 0 aromatic rings. The molecule has 3 heteroatoms. The van der Waals surface area contributed by atoms with Gasteiger partial charge in [-0.25, -0.2) is 0 Å². The van der Waals surface area contributed by atoms with Crippen molar-refractivity contribution in [2.75, 3.05) is 6.61 Å². The molecule has 0 amide bonds. The highest BCUT2D eigenvalue weighted by Crippen LogP contribution is 2.26. The lowest BCUT2D eigenvalue weighted by molar-refractivity contribution is -0.133. The first kappa shape index (κ1) is 6.74. The molecule has 3 nitrogen and oxygen atoms in total. The predicted octanol–water partition coefficient (Wildman–Crippen LogP) is -0.358. The molecule has 2 atom stereocenters. The minimum Gasteiger partial charge on any atom is -0.386 e. The molecule has 9 heavy (non-hydrogen) atoms. The van der Waals surface area contributed by atoms with Crippen LogP contribution >= 0.6 is 0 Å². The van der Waals surface area contributed by atoms with E-state index in [1.54, 1.807) is 0 Å². The first-order valence-corrected chi connectivity index (χ1v) is 2.78. The fourth-order valence-electron chi connectivity index (χ4n) is 0.744. The maximum Gasteiger partial charge on any atom is 0.187 e. The van der Waals surface area contributed by atoms with Crippen molar-refractivity contribution in [1.29, 1.82) is 0 Å². The molecular formula is C6H10O3. The summed E-state index contributed by atoms with van der Waals surface area (Å²) >= 11 is 0. The van der Waals surface area contributed by atoms with E-state index in [0.29, 0.717) is 5.57 Å². The Labute approximate surface area is 53.6 Å². The first-order chi connectivity index (χ1) is 4.04. The van der Waals surface area contributed by atoms with E-state index in [1.807, 2.05) is 0 Å². The minimum absolute atomic E-state index is 0.145. The van der Waals surface area contributed by atoms with Crippen molar-refractivity contribution < 1.29 is 14.9 Å². The van der Waals surface area contributed by atoms with Gasteiger partial charge in [-0.3, -0.25) is 0 Å². The summed E-state index contributed by atoms with van der Waals surface area (Å²) in [5, 5.41) is 18.1. The van der Waals surface area contributed by atoms with Gasteiger partial charge >= 0.3 is 0 Å². The van der Waals surface area contributed by atoms with Gasteiger partial charge in [0.25, 0.3) is 0 Å². The van der Waals surface area contributed by atoms with E-state index in [-0.39, 0.29) is 6.61 Å². The summed E-state index contributed by atoms with van der Waals surface area (Å²) in [6.45, 7) is 5.07. The Morgan fingerprint density at radius 1 is 1.89 bits per heavy atom. The van der Waals surface area contributed by atoms with Crippen LogP contribution in [0.4, 0.5) is 0 Å². The van der Waals surface area contributed by atoms with Gasteiger partial charge in [-0.2, -0.15) is 0 Å². The topological polar surface area (TPSA) is 49.7 Å². The largest absolute Gasteiger partial charge is 0.386 e. The zero-order valence-electron chi connectivity index (χ0n) is 5.29. The lowest BCUT2D eigenvalue weighted by Crippen LogP contribution is -2.24. The molecule has 1 fully saturated rings. The molecule has 1 heterocycles. The normalized spacial score (nSPS) is 43.9. The summed E-state index contributed by atoms with van der Waals surface area (Å²) in [5.74, 6) is -1.32. The van der Waals surface area contributed by atoms with Crippen LogP contribution in [0.2, 0.25) is 0 Å². The van der Waals surface area contributed by atoms with Crippen molar-refractivity contribution in [3.05, 3.63) is 12.2 Å². The van der Waals surface area contributed by atoms with Gasteiger partial charge in [0.1, 0.15) is 6.10 Å². The van der Waals surface area contributed by atoms with Gasteiger partial charge < -0.3 is 14.9 Å². The van der Waals surface area contributed by atoms with Crippen LogP contribution in [0.15, 0.2) is 12.2 Å². The maximum atomic E-state index is 9.15. The van der Waals surface area contributed by atoms with Crippen LogP contribution in [0.5, 0.6) is 0 Å². The van der Waals surface area contributed by atoms with Crippen molar-refractivity contribution >= 4 is 0 Å². The summed E-state index contributed by atoms with van der Waals surface area (Å²) in [6.07, 6.45) is -0.708. The first-order valence-electron chi connectivity index (χ1n) is 2.78. The number of hydrogen-bond donors (Lipinski definition) is 2. The van der Waals surface area contributed by atoms with Crippen LogP contribution in [0, 0.1) is 0 Å². The Kier molecular flexibility index (Phi) is 1.35. The van der Waals surface area contributed by atoms with Gasteiger partial charge in [0.15, 0.2) is 5.79 Å². The summed E-state index contributed by atoms with van der Waals surface area (Å²) in [6, 6.07) is 0. The Morgan fingerprint density at radius 3 is 2.56 bits per heavy atom.